The molecule has 6 nitrogen and oxygen atoms in total. The average Bonchev–Trinajstić information content (AvgIpc) is 2.72. The van der Waals surface area contributed by atoms with E-state index < -0.39 is 0 Å². The molecule has 0 aliphatic heterocycles. The third-order valence-corrected chi connectivity index (χ3v) is 4.56. The number of hydrogen-bond acceptors (Lipinski definition) is 4. The first kappa shape index (κ1) is 23.4. The number of benzene rings is 1. The van der Waals surface area contributed by atoms with E-state index in [0.29, 0.717) is 19.3 Å². The fourth-order valence-corrected chi connectivity index (χ4v) is 2.99. The van der Waals surface area contributed by atoms with Gasteiger partial charge in [-0.15, -0.1) is 0 Å². The monoisotopic (exact) mass is 378 g/mol. The molecule has 0 saturated carbocycles. The lowest BCUT2D eigenvalue weighted by molar-refractivity contribution is 0.0689. The summed E-state index contributed by atoms with van der Waals surface area (Å²) in [6.45, 7) is 10.3. The SMILES string of the molecule is CCN(CC)C(CNC(=NC)NCCCCOCCOC)c1ccccc1. The van der Waals surface area contributed by atoms with Gasteiger partial charge in [-0.2, -0.15) is 0 Å². The maximum Gasteiger partial charge on any atom is 0.191 e. The Hall–Kier alpha value is -1.63. The Morgan fingerprint density at radius 3 is 2.41 bits per heavy atom. The van der Waals surface area contributed by atoms with Crippen LogP contribution >= 0.6 is 0 Å². The maximum atomic E-state index is 5.48. The molecule has 1 atom stereocenters. The normalized spacial score (nSPS) is 13.0. The van der Waals surface area contributed by atoms with E-state index in [9.17, 15) is 0 Å². The van der Waals surface area contributed by atoms with E-state index >= 15 is 0 Å². The van der Waals surface area contributed by atoms with Gasteiger partial charge >= 0.3 is 0 Å². The molecule has 0 saturated heterocycles. The van der Waals surface area contributed by atoms with E-state index in [0.717, 1.165) is 51.6 Å². The molecule has 6 heteroatoms. The summed E-state index contributed by atoms with van der Waals surface area (Å²) in [5.74, 6) is 0.850. The lowest BCUT2D eigenvalue weighted by Gasteiger charge is -2.30. The lowest BCUT2D eigenvalue weighted by Crippen LogP contribution is -2.43. The standard InChI is InChI=1S/C21H38N4O2/c1-5-25(6-2)20(19-12-8-7-9-13-19)18-24-21(22-3)23-14-10-11-15-27-17-16-26-4/h7-9,12-13,20H,5-6,10-11,14-18H2,1-4H3,(H2,22,23,24). The van der Waals surface area contributed by atoms with E-state index in [1.807, 2.05) is 7.05 Å². The Kier molecular flexibility index (Phi) is 13.4. The number of hydrogen-bond donors (Lipinski definition) is 2. The summed E-state index contributed by atoms with van der Waals surface area (Å²) in [6.07, 6.45) is 2.08. The molecule has 1 aromatic carbocycles. The number of ether oxygens (including phenoxy) is 2. The highest BCUT2D eigenvalue weighted by Gasteiger charge is 2.17. The first-order chi connectivity index (χ1) is 13.3. The minimum Gasteiger partial charge on any atom is -0.382 e. The topological polar surface area (TPSA) is 58.1 Å². The molecular weight excluding hydrogens is 340 g/mol. The van der Waals surface area contributed by atoms with Gasteiger partial charge < -0.3 is 20.1 Å². The van der Waals surface area contributed by atoms with Gasteiger partial charge in [0.2, 0.25) is 0 Å². The number of methoxy groups -OCH3 is 1. The van der Waals surface area contributed by atoms with Crippen molar-refractivity contribution in [1.29, 1.82) is 0 Å². The largest absolute Gasteiger partial charge is 0.382 e. The van der Waals surface area contributed by atoms with Gasteiger partial charge in [0.25, 0.3) is 0 Å². The maximum absolute atomic E-state index is 5.48. The van der Waals surface area contributed by atoms with Crippen LogP contribution in [0.15, 0.2) is 35.3 Å². The summed E-state index contributed by atoms with van der Waals surface area (Å²) in [5, 5.41) is 6.88. The summed E-state index contributed by atoms with van der Waals surface area (Å²) >= 11 is 0. The second-order valence-electron chi connectivity index (χ2n) is 6.34. The van der Waals surface area contributed by atoms with E-state index in [1.165, 1.54) is 5.56 Å². The van der Waals surface area contributed by atoms with Gasteiger partial charge in [-0.1, -0.05) is 44.2 Å². The fourth-order valence-electron chi connectivity index (χ4n) is 2.99. The van der Waals surface area contributed by atoms with E-state index in [-0.39, 0.29) is 0 Å². The third-order valence-electron chi connectivity index (χ3n) is 4.56. The molecule has 0 bridgehead atoms. The summed E-state index contributed by atoms with van der Waals surface area (Å²) in [4.78, 5) is 6.82. The number of nitrogens with zero attached hydrogens (tertiary/aromatic N) is 2. The third kappa shape index (κ3) is 9.75. The van der Waals surface area contributed by atoms with E-state index in [2.05, 4.69) is 64.7 Å². The van der Waals surface area contributed by atoms with Gasteiger partial charge in [0.05, 0.1) is 19.3 Å². The molecule has 2 N–H and O–H groups in total. The van der Waals surface area contributed by atoms with Crippen LogP contribution in [0.2, 0.25) is 0 Å². The summed E-state index contributed by atoms with van der Waals surface area (Å²) in [7, 11) is 3.51. The predicted octanol–water partition coefficient (Wildman–Crippen LogP) is 2.68. The molecule has 0 spiro atoms. The molecular formula is C21H38N4O2. The molecule has 0 aliphatic rings. The zero-order valence-electron chi connectivity index (χ0n) is 17.5. The number of aliphatic imine (C=N–C) groups is 1. The Morgan fingerprint density at radius 1 is 1.04 bits per heavy atom. The van der Waals surface area contributed by atoms with Gasteiger partial charge in [0, 0.05) is 33.9 Å². The van der Waals surface area contributed by atoms with Crippen molar-refractivity contribution in [2.24, 2.45) is 4.99 Å². The molecule has 27 heavy (non-hydrogen) atoms. The molecule has 0 fully saturated rings. The van der Waals surface area contributed by atoms with Crippen molar-refractivity contribution < 1.29 is 9.47 Å². The highest BCUT2D eigenvalue weighted by molar-refractivity contribution is 5.79. The van der Waals surface area contributed by atoms with Crippen LogP contribution in [-0.2, 0) is 9.47 Å². The minimum atomic E-state index is 0.328. The highest BCUT2D eigenvalue weighted by Crippen LogP contribution is 2.19. The summed E-state index contributed by atoms with van der Waals surface area (Å²) < 4.78 is 10.4. The molecule has 0 amide bonds. The van der Waals surface area contributed by atoms with Crippen LogP contribution < -0.4 is 10.6 Å². The van der Waals surface area contributed by atoms with Crippen molar-refractivity contribution in [3.05, 3.63) is 35.9 Å². The summed E-state index contributed by atoms with van der Waals surface area (Å²) in [6, 6.07) is 11.0. The van der Waals surface area contributed by atoms with Crippen LogP contribution in [0.4, 0.5) is 0 Å². The molecule has 0 aromatic heterocycles. The first-order valence-electron chi connectivity index (χ1n) is 10.1. The second kappa shape index (κ2) is 15.4. The Morgan fingerprint density at radius 2 is 1.78 bits per heavy atom. The number of guanidine groups is 1. The number of unbranched alkanes of at least 4 members (excludes halogenated alkanes) is 1. The molecule has 0 heterocycles. The lowest BCUT2D eigenvalue weighted by atomic mass is 10.1. The molecule has 1 rings (SSSR count). The van der Waals surface area contributed by atoms with E-state index in [4.69, 9.17) is 9.47 Å². The van der Waals surface area contributed by atoms with Crippen LogP contribution in [0.25, 0.3) is 0 Å². The van der Waals surface area contributed by atoms with E-state index in [1.54, 1.807) is 7.11 Å². The van der Waals surface area contributed by atoms with Gasteiger partial charge in [-0.25, -0.2) is 0 Å². The van der Waals surface area contributed by atoms with Crippen molar-refractivity contribution >= 4 is 5.96 Å². The zero-order chi connectivity index (χ0) is 19.7. The summed E-state index contributed by atoms with van der Waals surface area (Å²) in [5.41, 5.74) is 1.33. The van der Waals surface area contributed by atoms with Crippen molar-refractivity contribution in [2.45, 2.75) is 32.7 Å². The molecule has 0 aliphatic carbocycles. The van der Waals surface area contributed by atoms with Crippen molar-refractivity contribution in [2.75, 3.05) is 60.2 Å². The predicted molar refractivity (Wildman–Crippen MR) is 113 cm³/mol. The van der Waals surface area contributed by atoms with Crippen LogP contribution in [0.1, 0.15) is 38.3 Å². The van der Waals surface area contributed by atoms with Crippen LogP contribution in [0, 0.1) is 0 Å². The Labute approximate surface area is 165 Å². The number of nitrogens with one attached hydrogen (secondary N) is 2. The van der Waals surface area contributed by atoms with Crippen molar-refractivity contribution in [1.82, 2.24) is 15.5 Å². The smallest absolute Gasteiger partial charge is 0.191 e. The molecule has 1 unspecified atom stereocenters. The highest BCUT2D eigenvalue weighted by atomic mass is 16.5. The zero-order valence-corrected chi connectivity index (χ0v) is 17.5. The van der Waals surface area contributed by atoms with Crippen LogP contribution in [0.3, 0.4) is 0 Å². The Balaban J connectivity index is 2.39. The van der Waals surface area contributed by atoms with Gasteiger partial charge in [-0.3, -0.25) is 9.89 Å². The Bertz CT molecular complexity index is 492. The molecule has 0 radical (unpaired) electrons. The van der Waals surface area contributed by atoms with Crippen LogP contribution in [-0.4, -0.2) is 71.0 Å². The number of likely N-dealkylation sites (N-methyl/N-ethyl adjacent to an activating group) is 1. The number of rotatable bonds is 14. The molecule has 1 aromatic rings. The minimum absolute atomic E-state index is 0.328. The molecule has 154 valence electrons. The average molecular weight is 379 g/mol. The van der Waals surface area contributed by atoms with Gasteiger partial charge in [0.1, 0.15) is 0 Å². The van der Waals surface area contributed by atoms with Gasteiger partial charge in [-0.05, 0) is 31.5 Å². The first-order valence-corrected chi connectivity index (χ1v) is 10.1. The second-order valence-corrected chi connectivity index (χ2v) is 6.34. The van der Waals surface area contributed by atoms with Crippen LogP contribution in [0.5, 0.6) is 0 Å². The quantitative estimate of drug-likeness (QED) is 0.296. The fraction of sp³-hybridized carbons (Fsp3) is 0.667. The van der Waals surface area contributed by atoms with Crippen molar-refractivity contribution in [3.63, 3.8) is 0 Å². The van der Waals surface area contributed by atoms with Crippen molar-refractivity contribution in [3.8, 4) is 0 Å². The van der Waals surface area contributed by atoms with Gasteiger partial charge in [0.15, 0.2) is 5.96 Å².